The maximum absolute atomic E-state index is 13.3. The molecule has 7 N–H and O–H groups in total. The maximum Gasteiger partial charge on any atom is 0.312 e. The summed E-state index contributed by atoms with van der Waals surface area (Å²) in [5.74, 6) is -1.63. The van der Waals surface area contributed by atoms with Crippen LogP contribution in [0.1, 0.15) is 92.6 Å². The van der Waals surface area contributed by atoms with Crippen molar-refractivity contribution in [1.29, 1.82) is 0 Å². The van der Waals surface area contributed by atoms with Gasteiger partial charge in [0, 0.05) is 31.6 Å². The molecule has 0 aliphatic rings. The molecule has 1 aromatic rings. The van der Waals surface area contributed by atoms with Gasteiger partial charge in [-0.3, -0.25) is 24.0 Å². The van der Waals surface area contributed by atoms with Crippen molar-refractivity contribution in [2.45, 2.75) is 106 Å². The summed E-state index contributed by atoms with van der Waals surface area (Å²) in [6.45, 7) is 13.6. The van der Waals surface area contributed by atoms with Crippen LogP contribution in [0.2, 0.25) is 0 Å². The van der Waals surface area contributed by atoms with Gasteiger partial charge in [-0.05, 0) is 76.0 Å². The van der Waals surface area contributed by atoms with Crippen LogP contribution in [0.15, 0.2) is 24.3 Å². The minimum absolute atomic E-state index is 0.0177. The Labute approximate surface area is 272 Å². The Bertz CT molecular complexity index is 1160. The second-order valence-electron chi connectivity index (χ2n) is 13.2. The van der Waals surface area contributed by atoms with Crippen molar-refractivity contribution in [1.82, 2.24) is 21.3 Å². The largest absolute Gasteiger partial charge is 0.460 e. The van der Waals surface area contributed by atoms with Gasteiger partial charge >= 0.3 is 12.0 Å². The molecule has 0 saturated carbocycles. The van der Waals surface area contributed by atoms with Crippen LogP contribution in [0, 0.1) is 17.3 Å². The normalized spacial score (nSPS) is 12.5. The van der Waals surface area contributed by atoms with Crippen LogP contribution in [-0.2, 0) is 35.3 Å². The number of benzene rings is 1. The second-order valence-corrected chi connectivity index (χ2v) is 13.2. The molecule has 0 aliphatic carbocycles. The van der Waals surface area contributed by atoms with Crippen molar-refractivity contribution in [2.75, 3.05) is 18.4 Å². The molecule has 1 aromatic carbocycles. The third-order valence-corrected chi connectivity index (χ3v) is 6.82. The first-order valence-electron chi connectivity index (χ1n) is 16.0. The number of carbonyl (C=O) groups excluding carboxylic acids is 6. The minimum atomic E-state index is -0.970. The quantitative estimate of drug-likeness (QED) is 0.0980. The zero-order chi connectivity index (χ0) is 34.9. The van der Waals surface area contributed by atoms with Crippen molar-refractivity contribution in [3.8, 4) is 0 Å². The number of nitrogens with two attached hydrogens (primary N) is 1. The topological polar surface area (TPSA) is 198 Å². The summed E-state index contributed by atoms with van der Waals surface area (Å²) in [4.78, 5) is 74.2. The monoisotopic (exact) mass is 646 g/mol. The summed E-state index contributed by atoms with van der Waals surface area (Å²) in [5, 5.41) is 13.6. The standard InChI is InChI=1S/C33H54N6O7/c1-21(2)19-27(41)35-17-9-8-12-26(40)39-28(22(3)4)30(43)38-25(11-10-18-36-32(34)45)29(42)37-24-15-13-23(14-16-24)20-46-31(44)33(5,6)7/h13-16,21-22,25,28H,8-12,17-20H2,1-7H3,(H,35,41)(H,37,42)(H,38,43)(H,39,40)(H3,34,36,45)/t25-,28-/m0/s1. The highest BCUT2D eigenvalue weighted by Gasteiger charge is 2.29. The number of carbonyl (C=O) groups is 6. The summed E-state index contributed by atoms with van der Waals surface area (Å²) >= 11 is 0. The predicted molar refractivity (Wildman–Crippen MR) is 176 cm³/mol. The van der Waals surface area contributed by atoms with Crippen LogP contribution < -0.4 is 32.3 Å². The van der Waals surface area contributed by atoms with E-state index in [0.717, 1.165) is 5.56 Å². The van der Waals surface area contributed by atoms with Gasteiger partial charge in [0.05, 0.1) is 5.41 Å². The number of hydrogen-bond donors (Lipinski definition) is 6. The number of esters is 1. The number of nitrogens with one attached hydrogen (secondary N) is 5. The molecule has 2 atom stereocenters. The Hall–Kier alpha value is -4.16. The van der Waals surface area contributed by atoms with Gasteiger partial charge in [0.25, 0.3) is 0 Å². The average molecular weight is 647 g/mol. The first kappa shape index (κ1) is 39.9. The fraction of sp³-hybridized carbons (Fsp3) is 0.636. The third-order valence-electron chi connectivity index (χ3n) is 6.82. The number of unbranched alkanes of at least 4 members (excludes halogenated alkanes) is 1. The Morgan fingerprint density at radius 2 is 1.43 bits per heavy atom. The van der Waals surface area contributed by atoms with E-state index in [1.165, 1.54) is 0 Å². The van der Waals surface area contributed by atoms with Crippen LogP contribution in [0.3, 0.4) is 0 Å². The Kier molecular flexibility index (Phi) is 17.4. The lowest BCUT2D eigenvalue weighted by atomic mass is 9.97. The summed E-state index contributed by atoms with van der Waals surface area (Å²) in [5.41, 5.74) is 5.73. The van der Waals surface area contributed by atoms with Crippen molar-refractivity contribution in [3.63, 3.8) is 0 Å². The molecule has 0 fully saturated rings. The van der Waals surface area contributed by atoms with E-state index in [2.05, 4.69) is 26.6 Å². The number of hydrogen-bond acceptors (Lipinski definition) is 7. The SMILES string of the molecule is CC(C)CC(=O)NCCCCC(=O)N[C@H](C(=O)N[C@@H](CCCNC(N)=O)C(=O)Nc1ccc(COC(=O)C(C)(C)C)cc1)C(C)C. The van der Waals surface area contributed by atoms with E-state index in [1.54, 1.807) is 58.9 Å². The number of anilines is 1. The molecule has 0 aliphatic heterocycles. The number of ether oxygens (including phenoxy) is 1. The molecular formula is C33H54N6O7. The number of amides is 6. The van der Waals surface area contributed by atoms with Crippen LogP contribution in [0.5, 0.6) is 0 Å². The van der Waals surface area contributed by atoms with Gasteiger partial charge in [0.1, 0.15) is 18.7 Å². The smallest absolute Gasteiger partial charge is 0.312 e. The summed E-state index contributed by atoms with van der Waals surface area (Å²) < 4.78 is 5.33. The molecule has 6 amide bonds. The van der Waals surface area contributed by atoms with E-state index >= 15 is 0 Å². The highest BCUT2D eigenvalue weighted by atomic mass is 16.5. The maximum atomic E-state index is 13.3. The van der Waals surface area contributed by atoms with Crippen LogP contribution in [0.25, 0.3) is 0 Å². The highest BCUT2D eigenvalue weighted by molar-refractivity contribution is 5.98. The van der Waals surface area contributed by atoms with Gasteiger partial charge in [0.15, 0.2) is 0 Å². The number of rotatable bonds is 19. The first-order chi connectivity index (χ1) is 21.5. The molecule has 0 bridgehead atoms. The van der Waals surface area contributed by atoms with Crippen molar-refractivity contribution in [3.05, 3.63) is 29.8 Å². The summed E-state index contributed by atoms with van der Waals surface area (Å²) in [6.07, 6.45) is 2.35. The zero-order valence-corrected chi connectivity index (χ0v) is 28.4. The molecule has 0 heterocycles. The molecule has 0 unspecified atom stereocenters. The van der Waals surface area contributed by atoms with Crippen molar-refractivity contribution >= 4 is 41.3 Å². The third kappa shape index (κ3) is 16.8. The molecule has 13 heteroatoms. The number of primary amides is 1. The molecule has 13 nitrogen and oxygen atoms in total. The lowest BCUT2D eigenvalue weighted by Crippen LogP contribution is -2.54. The van der Waals surface area contributed by atoms with E-state index in [4.69, 9.17) is 10.5 Å². The lowest BCUT2D eigenvalue weighted by Gasteiger charge is -2.25. The van der Waals surface area contributed by atoms with E-state index in [1.807, 2.05) is 13.8 Å². The fourth-order valence-corrected chi connectivity index (χ4v) is 4.19. The molecule has 1 rings (SSSR count). The van der Waals surface area contributed by atoms with Crippen molar-refractivity contribution in [2.24, 2.45) is 23.0 Å². The lowest BCUT2D eigenvalue weighted by molar-refractivity contribution is -0.154. The van der Waals surface area contributed by atoms with E-state index in [-0.39, 0.29) is 55.6 Å². The van der Waals surface area contributed by atoms with Crippen molar-refractivity contribution < 1.29 is 33.5 Å². The fourth-order valence-electron chi connectivity index (χ4n) is 4.19. The van der Waals surface area contributed by atoms with E-state index in [0.29, 0.717) is 37.9 Å². The van der Waals surface area contributed by atoms with Gasteiger partial charge in [-0.2, -0.15) is 0 Å². The summed E-state index contributed by atoms with van der Waals surface area (Å²) in [6, 6.07) is 4.23. The van der Waals surface area contributed by atoms with Gasteiger partial charge in [-0.25, -0.2) is 4.79 Å². The average Bonchev–Trinajstić information content (AvgIpc) is 2.95. The molecule has 46 heavy (non-hydrogen) atoms. The van der Waals surface area contributed by atoms with Gasteiger partial charge in [-0.1, -0.05) is 39.8 Å². The number of urea groups is 1. The first-order valence-corrected chi connectivity index (χ1v) is 16.0. The molecule has 0 spiro atoms. The molecule has 0 aromatic heterocycles. The molecular weight excluding hydrogens is 592 g/mol. The summed E-state index contributed by atoms with van der Waals surface area (Å²) in [7, 11) is 0. The van der Waals surface area contributed by atoms with Gasteiger partial charge in [0.2, 0.25) is 23.6 Å². The second kappa shape index (κ2) is 20.1. The Morgan fingerprint density at radius 1 is 0.804 bits per heavy atom. The minimum Gasteiger partial charge on any atom is -0.460 e. The van der Waals surface area contributed by atoms with Crippen LogP contribution in [-0.4, -0.2) is 60.8 Å². The Balaban J connectivity index is 2.80. The van der Waals surface area contributed by atoms with Crippen LogP contribution in [0.4, 0.5) is 10.5 Å². The molecule has 258 valence electrons. The van der Waals surface area contributed by atoms with E-state index in [9.17, 15) is 28.8 Å². The Morgan fingerprint density at radius 3 is 2.00 bits per heavy atom. The predicted octanol–water partition coefficient (Wildman–Crippen LogP) is 3.12. The highest BCUT2D eigenvalue weighted by Crippen LogP contribution is 2.18. The van der Waals surface area contributed by atoms with Gasteiger partial charge in [-0.15, -0.1) is 0 Å². The van der Waals surface area contributed by atoms with E-state index < -0.39 is 35.3 Å². The molecule has 0 radical (unpaired) electrons. The van der Waals surface area contributed by atoms with Crippen LogP contribution >= 0.6 is 0 Å². The molecule has 0 saturated heterocycles. The zero-order valence-electron chi connectivity index (χ0n) is 28.4. The van der Waals surface area contributed by atoms with Gasteiger partial charge < -0.3 is 37.1 Å².